The summed E-state index contributed by atoms with van der Waals surface area (Å²) in [6.45, 7) is 4.77. The van der Waals surface area contributed by atoms with Gasteiger partial charge in [-0.2, -0.15) is 0 Å². The number of halogens is 1. The second-order valence-electron chi connectivity index (χ2n) is 10.3. The van der Waals surface area contributed by atoms with E-state index in [1.54, 1.807) is 25.3 Å². The maximum Gasteiger partial charge on any atom is 0.330 e. The van der Waals surface area contributed by atoms with Crippen LogP contribution >= 0.6 is 0 Å². The van der Waals surface area contributed by atoms with Crippen molar-refractivity contribution >= 4 is 23.6 Å². The molecule has 6 rings (SSSR count). The molecule has 2 aromatic carbocycles. The van der Waals surface area contributed by atoms with E-state index < -0.39 is 11.8 Å². The highest BCUT2D eigenvalue weighted by Crippen LogP contribution is 2.43. The Kier molecular flexibility index (Phi) is 6.51. The summed E-state index contributed by atoms with van der Waals surface area (Å²) in [5, 5.41) is 0. The van der Waals surface area contributed by atoms with Gasteiger partial charge in [0, 0.05) is 30.6 Å². The van der Waals surface area contributed by atoms with Crippen LogP contribution in [0.5, 0.6) is 0 Å². The summed E-state index contributed by atoms with van der Waals surface area (Å²) in [6.07, 6.45) is 9.37. The Morgan fingerprint density at radius 2 is 1.92 bits per heavy atom. The average Bonchev–Trinajstić information content (AvgIpc) is 3.70. The average molecular weight is 524 g/mol. The number of carbonyl (C=O) groups excluding carboxylic acids is 2. The molecule has 3 heterocycles. The van der Waals surface area contributed by atoms with Crippen molar-refractivity contribution in [3.63, 3.8) is 0 Å². The largest absolute Gasteiger partial charge is 0.463 e. The van der Waals surface area contributed by atoms with E-state index in [2.05, 4.69) is 19.1 Å². The van der Waals surface area contributed by atoms with Crippen molar-refractivity contribution in [2.75, 3.05) is 13.2 Å². The molecule has 0 bridgehead atoms. The van der Waals surface area contributed by atoms with Gasteiger partial charge in [-0.25, -0.2) is 14.2 Å². The fourth-order valence-corrected chi connectivity index (χ4v) is 5.48. The first-order valence-electron chi connectivity index (χ1n) is 13.5. The van der Waals surface area contributed by atoms with Crippen LogP contribution in [0.3, 0.4) is 0 Å². The Hall–Kier alpha value is -4.26. The zero-order chi connectivity index (χ0) is 27.1. The minimum Gasteiger partial charge on any atom is -0.463 e. The summed E-state index contributed by atoms with van der Waals surface area (Å²) in [5.41, 5.74) is 6.33. The van der Waals surface area contributed by atoms with Gasteiger partial charge in [0.05, 0.1) is 23.9 Å². The maximum atomic E-state index is 15.2. The molecule has 1 amide bonds. The number of nitrogens with zero attached hydrogens (tertiary/aromatic N) is 3. The molecule has 0 spiro atoms. The first-order valence-corrected chi connectivity index (χ1v) is 13.5. The van der Waals surface area contributed by atoms with Gasteiger partial charge in [0.25, 0.3) is 5.91 Å². The molecule has 0 saturated heterocycles. The SMILES string of the molecule is CCOC(=O)/C=C/c1ccc(-c2cn3cc(C(=O)N4CCc5ccccc5C4C)cc(C4CC4)c3n2)c(F)c1. The second kappa shape index (κ2) is 10.1. The van der Waals surface area contributed by atoms with Gasteiger partial charge in [-0.05, 0) is 85.6 Å². The molecule has 1 aliphatic heterocycles. The molecule has 2 aliphatic rings. The number of hydrogen-bond donors (Lipinski definition) is 0. The number of aromatic nitrogens is 2. The van der Waals surface area contributed by atoms with E-state index in [4.69, 9.17) is 9.72 Å². The van der Waals surface area contributed by atoms with E-state index >= 15 is 4.39 Å². The van der Waals surface area contributed by atoms with Crippen LogP contribution in [0, 0.1) is 5.82 Å². The van der Waals surface area contributed by atoms with Gasteiger partial charge in [-0.3, -0.25) is 4.79 Å². The molecule has 0 N–H and O–H groups in total. The molecule has 1 saturated carbocycles. The van der Waals surface area contributed by atoms with Gasteiger partial charge >= 0.3 is 5.97 Å². The van der Waals surface area contributed by atoms with Gasteiger partial charge in [-0.15, -0.1) is 0 Å². The Labute approximate surface area is 226 Å². The molecule has 7 heteroatoms. The molecule has 4 aromatic rings. The molecule has 1 fully saturated rings. The summed E-state index contributed by atoms with van der Waals surface area (Å²) in [5.74, 6) is -0.548. The Morgan fingerprint density at radius 1 is 1.10 bits per heavy atom. The molecular formula is C32H30FN3O3. The minimum absolute atomic E-state index is 0.0000246. The lowest BCUT2D eigenvalue weighted by Crippen LogP contribution is -2.39. The van der Waals surface area contributed by atoms with Crippen molar-refractivity contribution in [3.05, 3.63) is 101 Å². The van der Waals surface area contributed by atoms with Gasteiger partial charge in [-0.1, -0.05) is 30.3 Å². The van der Waals surface area contributed by atoms with Crippen LogP contribution in [-0.2, 0) is 16.0 Å². The predicted molar refractivity (Wildman–Crippen MR) is 148 cm³/mol. The standard InChI is InChI=1S/C32H30FN3O3/c1-3-39-30(37)13-9-21-8-12-26(28(33)16-21)29-19-35-18-24(17-27(23-10-11-23)31(35)34-29)32(38)36-15-14-22-6-4-5-7-25(22)20(36)2/h4-9,12-13,16-20,23H,3,10-11,14-15H2,1-2H3/b13-9+. The molecule has 1 unspecified atom stereocenters. The molecule has 2 aromatic heterocycles. The number of carbonyl (C=O) groups is 2. The highest BCUT2D eigenvalue weighted by molar-refractivity contribution is 5.95. The van der Waals surface area contributed by atoms with E-state index in [-0.39, 0.29) is 18.6 Å². The summed E-state index contributed by atoms with van der Waals surface area (Å²) in [7, 11) is 0. The Bertz CT molecular complexity index is 1620. The zero-order valence-electron chi connectivity index (χ0n) is 22.1. The highest BCUT2D eigenvalue weighted by atomic mass is 19.1. The fourth-order valence-electron chi connectivity index (χ4n) is 5.48. The number of imidazole rings is 1. The van der Waals surface area contributed by atoms with Crippen molar-refractivity contribution in [3.8, 4) is 11.3 Å². The lowest BCUT2D eigenvalue weighted by Gasteiger charge is -2.35. The predicted octanol–water partition coefficient (Wildman–Crippen LogP) is 6.35. The number of amides is 1. The normalized spacial score (nSPS) is 17.0. The second-order valence-corrected chi connectivity index (χ2v) is 10.3. The molecular weight excluding hydrogens is 493 g/mol. The number of esters is 1. The van der Waals surface area contributed by atoms with Crippen molar-refractivity contribution in [2.24, 2.45) is 0 Å². The first kappa shape index (κ1) is 25.0. The summed E-state index contributed by atoms with van der Waals surface area (Å²) >= 11 is 0. The van der Waals surface area contributed by atoms with E-state index in [0.717, 1.165) is 30.5 Å². The number of rotatable bonds is 6. The number of pyridine rings is 1. The zero-order valence-corrected chi connectivity index (χ0v) is 22.1. The first-order chi connectivity index (χ1) is 18.9. The number of ether oxygens (including phenoxy) is 1. The van der Waals surface area contributed by atoms with Crippen LogP contribution in [0.15, 0.2) is 67.0 Å². The third-order valence-electron chi connectivity index (χ3n) is 7.67. The van der Waals surface area contributed by atoms with E-state index in [1.807, 2.05) is 33.7 Å². The monoisotopic (exact) mass is 523 g/mol. The van der Waals surface area contributed by atoms with Crippen molar-refractivity contribution in [2.45, 2.75) is 45.1 Å². The Balaban J connectivity index is 1.32. The molecule has 39 heavy (non-hydrogen) atoms. The van der Waals surface area contributed by atoms with Crippen molar-refractivity contribution < 1.29 is 18.7 Å². The summed E-state index contributed by atoms with van der Waals surface area (Å²) in [4.78, 5) is 32.1. The summed E-state index contributed by atoms with van der Waals surface area (Å²) in [6, 6.07) is 15.1. The molecule has 6 nitrogen and oxygen atoms in total. The quantitative estimate of drug-likeness (QED) is 0.218. The number of benzene rings is 2. The van der Waals surface area contributed by atoms with Crippen LogP contribution < -0.4 is 0 Å². The van der Waals surface area contributed by atoms with Crippen LogP contribution in [0.25, 0.3) is 23.0 Å². The van der Waals surface area contributed by atoms with Gasteiger partial charge < -0.3 is 14.0 Å². The van der Waals surface area contributed by atoms with Crippen molar-refractivity contribution in [1.29, 1.82) is 0 Å². The van der Waals surface area contributed by atoms with Crippen LogP contribution in [0.2, 0.25) is 0 Å². The van der Waals surface area contributed by atoms with Gasteiger partial charge in [0.2, 0.25) is 0 Å². The number of fused-ring (bicyclic) bond motifs is 2. The lowest BCUT2D eigenvalue weighted by molar-refractivity contribution is -0.137. The Morgan fingerprint density at radius 3 is 2.69 bits per heavy atom. The third kappa shape index (κ3) is 4.85. The maximum absolute atomic E-state index is 15.2. The minimum atomic E-state index is -0.469. The van der Waals surface area contributed by atoms with E-state index in [9.17, 15) is 9.59 Å². The fraction of sp³-hybridized carbons (Fsp3) is 0.281. The highest BCUT2D eigenvalue weighted by Gasteiger charge is 2.32. The molecule has 0 radical (unpaired) electrons. The van der Waals surface area contributed by atoms with Crippen LogP contribution in [-0.4, -0.2) is 39.3 Å². The topological polar surface area (TPSA) is 63.9 Å². The van der Waals surface area contributed by atoms with E-state index in [0.29, 0.717) is 34.8 Å². The molecule has 1 aliphatic carbocycles. The smallest absolute Gasteiger partial charge is 0.330 e. The van der Waals surface area contributed by atoms with Gasteiger partial charge in [0.1, 0.15) is 11.5 Å². The molecule has 198 valence electrons. The van der Waals surface area contributed by atoms with Crippen molar-refractivity contribution in [1.82, 2.24) is 14.3 Å². The van der Waals surface area contributed by atoms with Crippen LogP contribution in [0.4, 0.5) is 4.39 Å². The molecule has 1 atom stereocenters. The third-order valence-corrected chi connectivity index (χ3v) is 7.67. The van der Waals surface area contributed by atoms with Gasteiger partial charge in [0.15, 0.2) is 0 Å². The lowest BCUT2D eigenvalue weighted by atomic mass is 9.93. The van der Waals surface area contributed by atoms with Crippen LogP contribution in [0.1, 0.15) is 71.3 Å². The number of hydrogen-bond acceptors (Lipinski definition) is 4. The summed E-state index contributed by atoms with van der Waals surface area (Å²) < 4.78 is 21.9. The van der Waals surface area contributed by atoms with E-state index in [1.165, 1.54) is 29.3 Å².